The molecule has 1 aliphatic carbocycles. The number of nitrogens with zero attached hydrogens (tertiary/aromatic N) is 1. The largest absolute Gasteiger partial charge is 0.388 e. The van der Waals surface area contributed by atoms with Crippen LogP contribution in [0.25, 0.3) is 0 Å². The van der Waals surface area contributed by atoms with Crippen molar-refractivity contribution in [3.8, 4) is 0 Å². The van der Waals surface area contributed by atoms with E-state index in [9.17, 15) is 13.5 Å². The van der Waals surface area contributed by atoms with Crippen molar-refractivity contribution in [2.45, 2.75) is 51.2 Å². The average Bonchev–Trinajstić information content (AvgIpc) is 2.30. The van der Waals surface area contributed by atoms with Crippen LogP contribution >= 0.6 is 0 Å². The first-order chi connectivity index (χ1) is 9.24. The van der Waals surface area contributed by atoms with Gasteiger partial charge in [-0.3, -0.25) is 4.99 Å². The molecule has 0 aromatic carbocycles. The van der Waals surface area contributed by atoms with Crippen molar-refractivity contribution in [2.24, 2.45) is 4.99 Å². The lowest BCUT2D eigenvalue weighted by Gasteiger charge is -2.35. The van der Waals surface area contributed by atoms with E-state index in [-0.39, 0.29) is 11.8 Å². The smallest absolute Gasteiger partial charge is 0.191 e. The maximum atomic E-state index is 11.1. The minimum atomic E-state index is -2.94. The third-order valence-corrected chi connectivity index (χ3v) is 4.44. The Kier molecular flexibility index (Phi) is 6.26. The van der Waals surface area contributed by atoms with Gasteiger partial charge in [0.15, 0.2) is 5.96 Å². The van der Waals surface area contributed by atoms with Crippen LogP contribution in [0.2, 0.25) is 0 Å². The lowest BCUT2D eigenvalue weighted by molar-refractivity contribution is -0.0236. The van der Waals surface area contributed by atoms with Gasteiger partial charge in [0.2, 0.25) is 0 Å². The number of rotatable bonds is 7. The molecule has 0 radical (unpaired) electrons. The molecule has 1 unspecified atom stereocenters. The van der Waals surface area contributed by atoms with Crippen LogP contribution in [-0.4, -0.2) is 56.2 Å². The van der Waals surface area contributed by atoms with Gasteiger partial charge in [-0.05, 0) is 39.5 Å². The topological polar surface area (TPSA) is 90.8 Å². The van der Waals surface area contributed by atoms with Gasteiger partial charge in [-0.1, -0.05) is 0 Å². The van der Waals surface area contributed by atoms with E-state index in [0.29, 0.717) is 18.9 Å². The van der Waals surface area contributed by atoms with E-state index in [1.807, 2.05) is 13.8 Å². The van der Waals surface area contributed by atoms with Gasteiger partial charge in [0.25, 0.3) is 0 Å². The maximum Gasteiger partial charge on any atom is 0.191 e. The summed E-state index contributed by atoms with van der Waals surface area (Å²) < 4.78 is 22.3. The number of sulfone groups is 1. The lowest BCUT2D eigenvalue weighted by atomic mass is 9.80. The molecule has 1 saturated carbocycles. The third-order valence-electron chi connectivity index (χ3n) is 3.46. The number of nitrogens with one attached hydrogen (secondary N) is 2. The van der Waals surface area contributed by atoms with Crippen molar-refractivity contribution in [3.63, 3.8) is 0 Å². The fraction of sp³-hybridized carbons (Fsp3) is 0.923. The van der Waals surface area contributed by atoms with Crippen LogP contribution in [0.15, 0.2) is 4.99 Å². The van der Waals surface area contributed by atoms with Crippen LogP contribution in [0.1, 0.15) is 39.5 Å². The predicted molar refractivity (Wildman–Crippen MR) is 81.7 cm³/mol. The van der Waals surface area contributed by atoms with E-state index in [1.165, 1.54) is 6.26 Å². The molecule has 0 spiro atoms. The monoisotopic (exact) mass is 305 g/mol. The van der Waals surface area contributed by atoms with E-state index in [4.69, 9.17) is 0 Å². The lowest BCUT2D eigenvalue weighted by Crippen LogP contribution is -2.45. The highest BCUT2D eigenvalue weighted by Crippen LogP contribution is 2.31. The second kappa shape index (κ2) is 7.26. The van der Waals surface area contributed by atoms with Gasteiger partial charge < -0.3 is 15.7 Å². The van der Waals surface area contributed by atoms with Gasteiger partial charge in [-0.15, -0.1) is 0 Å². The van der Waals surface area contributed by atoms with Crippen molar-refractivity contribution in [1.82, 2.24) is 10.6 Å². The Balaban J connectivity index is 2.46. The van der Waals surface area contributed by atoms with E-state index in [0.717, 1.165) is 25.8 Å². The van der Waals surface area contributed by atoms with Crippen molar-refractivity contribution >= 4 is 15.8 Å². The Bertz CT molecular complexity index is 430. The van der Waals surface area contributed by atoms with Gasteiger partial charge in [0.05, 0.1) is 17.9 Å². The zero-order valence-electron chi connectivity index (χ0n) is 12.6. The summed E-state index contributed by atoms with van der Waals surface area (Å²) in [4.78, 5) is 4.39. The molecule has 6 nitrogen and oxygen atoms in total. The average molecular weight is 305 g/mol. The van der Waals surface area contributed by atoms with Gasteiger partial charge in [0.1, 0.15) is 9.84 Å². The first-order valence-electron chi connectivity index (χ1n) is 7.19. The molecule has 1 fully saturated rings. The minimum Gasteiger partial charge on any atom is -0.388 e. The molecule has 118 valence electrons. The molecule has 1 atom stereocenters. The molecule has 20 heavy (non-hydrogen) atoms. The van der Waals surface area contributed by atoms with Gasteiger partial charge in [-0.25, -0.2) is 8.42 Å². The first-order valence-corrected chi connectivity index (χ1v) is 9.25. The molecular weight excluding hydrogens is 278 g/mol. The summed E-state index contributed by atoms with van der Waals surface area (Å²) >= 11 is 0. The standard InChI is InChI=1S/C13H27N3O3S/c1-4-14-12(15-10-13(17)7-5-8-13)16-11(2)6-9-20(3,18)19/h11,17H,4-10H2,1-3H3,(H2,14,15,16). The Morgan fingerprint density at radius 1 is 1.45 bits per heavy atom. The minimum absolute atomic E-state index is 0.0126. The predicted octanol–water partition coefficient (Wildman–Crippen LogP) is 0.280. The van der Waals surface area contributed by atoms with E-state index in [1.54, 1.807) is 0 Å². The number of guanidine groups is 1. The van der Waals surface area contributed by atoms with Crippen LogP contribution in [0.4, 0.5) is 0 Å². The van der Waals surface area contributed by atoms with Crippen LogP contribution in [0.3, 0.4) is 0 Å². The van der Waals surface area contributed by atoms with Crippen molar-refractivity contribution in [1.29, 1.82) is 0 Å². The third kappa shape index (κ3) is 6.56. The summed E-state index contributed by atoms with van der Waals surface area (Å²) in [6.45, 7) is 5.01. The molecular formula is C13H27N3O3S. The van der Waals surface area contributed by atoms with E-state index >= 15 is 0 Å². The van der Waals surface area contributed by atoms with Crippen LogP contribution in [-0.2, 0) is 9.84 Å². The first kappa shape index (κ1) is 17.2. The molecule has 0 aromatic rings. The number of hydrogen-bond acceptors (Lipinski definition) is 4. The molecule has 0 heterocycles. The molecule has 0 saturated heterocycles. The molecule has 0 aliphatic heterocycles. The summed E-state index contributed by atoms with van der Waals surface area (Å²) in [7, 11) is -2.94. The summed E-state index contributed by atoms with van der Waals surface area (Å²) in [6.07, 6.45) is 4.44. The van der Waals surface area contributed by atoms with Crippen molar-refractivity contribution in [2.75, 3.05) is 25.1 Å². The Morgan fingerprint density at radius 2 is 2.10 bits per heavy atom. The maximum absolute atomic E-state index is 11.1. The SMILES string of the molecule is CCNC(=NCC1(O)CCC1)NC(C)CCS(C)(=O)=O. The van der Waals surface area contributed by atoms with Crippen LogP contribution in [0.5, 0.6) is 0 Å². The zero-order valence-corrected chi connectivity index (χ0v) is 13.5. The van der Waals surface area contributed by atoms with Crippen LogP contribution < -0.4 is 10.6 Å². The quantitative estimate of drug-likeness (QED) is 0.464. The summed E-state index contributed by atoms with van der Waals surface area (Å²) in [5.41, 5.74) is -0.641. The van der Waals surface area contributed by atoms with Crippen molar-refractivity contribution in [3.05, 3.63) is 0 Å². The Labute approximate surface area is 122 Å². The second-order valence-corrected chi connectivity index (χ2v) is 8.00. The summed E-state index contributed by atoms with van der Waals surface area (Å²) in [5.74, 6) is 0.790. The molecule has 1 aliphatic rings. The van der Waals surface area contributed by atoms with E-state index in [2.05, 4.69) is 15.6 Å². The normalized spacial score (nSPS) is 20.1. The number of aliphatic hydroxyl groups is 1. The van der Waals surface area contributed by atoms with Crippen molar-refractivity contribution < 1.29 is 13.5 Å². The molecule has 0 amide bonds. The van der Waals surface area contributed by atoms with Gasteiger partial charge in [-0.2, -0.15) is 0 Å². The number of aliphatic imine (C=N–C) groups is 1. The molecule has 0 aromatic heterocycles. The summed E-state index contributed by atoms with van der Waals surface area (Å²) in [6, 6.07) is 0.0126. The second-order valence-electron chi connectivity index (χ2n) is 5.74. The zero-order chi connectivity index (χ0) is 15.2. The van der Waals surface area contributed by atoms with Gasteiger partial charge in [0, 0.05) is 18.8 Å². The Hall–Kier alpha value is -0.820. The summed E-state index contributed by atoms with van der Waals surface area (Å²) in [5, 5.41) is 16.3. The highest BCUT2D eigenvalue weighted by atomic mass is 32.2. The van der Waals surface area contributed by atoms with E-state index < -0.39 is 15.4 Å². The van der Waals surface area contributed by atoms with Crippen LogP contribution in [0, 0.1) is 0 Å². The fourth-order valence-electron chi connectivity index (χ4n) is 1.99. The highest BCUT2D eigenvalue weighted by molar-refractivity contribution is 7.90. The Morgan fingerprint density at radius 3 is 2.55 bits per heavy atom. The number of hydrogen-bond donors (Lipinski definition) is 3. The molecule has 7 heteroatoms. The molecule has 0 bridgehead atoms. The molecule has 1 rings (SSSR count). The highest BCUT2D eigenvalue weighted by Gasteiger charge is 2.34. The van der Waals surface area contributed by atoms with Gasteiger partial charge >= 0.3 is 0 Å². The fourth-order valence-corrected chi connectivity index (χ4v) is 2.77. The molecule has 3 N–H and O–H groups in total.